The van der Waals surface area contributed by atoms with E-state index in [-0.39, 0.29) is 11.2 Å². The van der Waals surface area contributed by atoms with Gasteiger partial charge in [-0.15, -0.1) is 0 Å². The molecule has 0 aliphatic heterocycles. The van der Waals surface area contributed by atoms with Crippen molar-refractivity contribution in [2.45, 2.75) is 63.8 Å². The molecule has 1 N–H and O–H groups in total. The van der Waals surface area contributed by atoms with Gasteiger partial charge in [0.05, 0.1) is 0 Å². The van der Waals surface area contributed by atoms with Crippen molar-refractivity contribution in [3.63, 3.8) is 0 Å². The maximum absolute atomic E-state index is 13.3. The molecule has 0 aromatic heterocycles. The predicted molar refractivity (Wildman–Crippen MR) is 83.9 cm³/mol. The summed E-state index contributed by atoms with van der Waals surface area (Å²) in [6, 6.07) is 5.56. The summed E-state index contributed by atoms with van der Waals surface area (Å²) in [6.07, 6.45) is 6.97. The van der Waals surface area contributed by atoms with Crippen LogP contribution in [0.1, 0.15) is 57.9 Å². The van der Waals surface area contributed by atoms with Crippen molar-refractivity contribution in [2.75, 3.05) is 6.54 Å². The van der Waals surface area contributed by atoms with E-state index in [2.05, 4.69) is 19.2 Å². The molecule has 1 aliphatic rings. The van der Waals surface area contributed by atoms with E-state index >= 15 is 0 Å². The molecule has 1 fully saturated rings. The van der Waals surface area contributed by atoms with E-state index in [0.717, 1.165) is 37.8 Å². The number of rotatable bonds is 8. The Morgan fingerprint density at radius 2 is 1.90 bits per heavy atom. The average Bonchev–Trinajstić information content (AvgIpc) is 3.20. The van der Waals surface area contributed by atoms with Gasteiger partial charge in [0.1, 0.15) is 5.82 Å². The third-order valence-corrected chi connectivity index (χ3v) is 4.58. The van der Waals surface area contributed by atoms with Crippen molar-refractivity contribution in [1.29, 1.82) is 0 Å². The van der Waals surface area contributed by atoms with Gasteiger partial charge in [0.15, 0.2) is 0 Å². The second-order valence-electron chi connectivity index (χ2n) is 6.06. The number of nitrogens with one attached hydrogen (secondary N) is 1. The van der Waals surface area contributed by atoms with Crippen LogP contribution in [-0.2, 0) is 5.41 Å². The lowest BCUT2D eigenvalue weighted by Gasteiger charge is -2.35. The fourth-order valence-corrected chi connectivity index (χ4v) is 3.54. The third kappa shape index (κ3) is 3.73. The summed E-state index contributed by atoms with van der Waals surface area (Å²) in [7, 11) is 0. The summed E-state index contributed by atoms with van der Waals surface area (Å²) in [6.45, 7) is 5.36. The lowest BCUT2D eigenvalue weighted by Crippen LogP contribution is -2.39. The lowest BCUT2D eigenvalue weighted by molar-refractivity contribution is 0.333. The fourth-order valence-electron chi connectivity index (χ4n) is 3.17. The van der Waals surface area contributed by atoms with Gasteiger partial charge >= 0.3 is 0 Å². The zero-order valence-corrected chi connectivity index (χ0v) is 13.3. The first-order valence-electron chi connectivity index (χ1n) is 7.80. The number of halogens is 2. The van der Waals surface area contributed by atoms with Crippen molar-refractivity contribution in [3.05, 3.63) is 34.6 Å². The minimum absolute atomic E-state index is 0.0386. The van der Waals surface area contributed by atoms with Gasteiger partial charge in [-0.1, -0.05) is 44.4 Å². The van der Waals surface area contributed by atoms with Gasteiger partial charge in [-0.2, -0.15) is 0 Å². The standard InChI is InChI=1S/C17H25ClFN/c1-3-9-17(10-4-2,12-20-14-6-7-14)15-8-5-13(19)11-16(15)18/h5,8,11,14,20H,3-4,6-7,9-10,12H2,1-2H3. The van der Waals surface area contributed by atoms with Crippen LogP contribution in [-0.4, -0.2) is 12.6 Å². The maximum Gasteiger partial charge on any atom is 0.124 e. The Hall–Kier alpha value is -0.600. The van der Waals surface area contributed by atoms with Gasteiger partial charge < -0.3 is 5.32 Å². The van der Waals surface area contributed by atoms with E-state index in [1.54, 1.807) is 6.07 Å². The molecule has 1 aliphatic carbocycles. The molecule has 0 bridgehead atoms. The van der Waals surface area contributed by atoms with Gasteiger partial charge in [-0.3, -0.25) is 0 Å². The zero-order chi connectivity index (χ0) is 14.6. The SMILES string of the molecule is CCCC(CCC)(CNC1CC1)c1ccc(F)cc1Cl. The monoisotopic (exact) mass is 297 g/mol. The summed E-state index contributed by atoms with van der Waals surface area (Å²) < 4.78 is 13.3. The van der Waals surface area contributed by atoms with E-state index in [1.807, 2.05) is 6.07 Å². The Morgan fingerprint density at radius 3 is 2.40 bits per heavy atom. The average molecular weight is 298 g/mol. The quantitative estimate of drug-likeness (QED) is 0.706. The van der Waals surface area contributed by atoms with Crippen LogP contribution in [0.25, 0.3) is 0 Å². The second kappa shape index (κ2) is 6.91. The molecule has 0 spiro atoms. The molecule has 0 heterocycles. The smallest absolute Gasteiger partial charge is 0.124 e. The molecule has 112 valence electrons. The molecule has 0 atom stereocenters. The Kier molecular flexibility index (Phi) is 5.45. The Labute approximate surface area is 126 Å². The molecule has 0 radical (unpaired) electrons. The highest BCUT2D eigenvalue weighted by Gasteiger charge is 2.34. The van der Waals surface area contributed by atoms with Crippen LogP contribution in [0.3, 0.4) is 0 Å². The molecule has 1 aromatic rings. The fraction of sp³-hybridized carbons (Fsp3) is 0.647. The van der Waals surface area contributed by atoms with Gasteiger partial charge in [0, 0.05) is 23.0 Å². The minimum atomic E-state index is -0.254. The van der Waals surface area contributed by atoms with Gasteiger partial charge in [-0.05, 0) is 43.4 Å². The summed E-state index contributed by atoms with van der Waals surface area (Å²) in [5, 5.41) is 4.23. The summed E-state index contributed by atoms with van der Waals surface area (Å²) in [4.78, 5) is 0. The van der Waals surface area contributed by atoms with Gasteiger partial charge in [-0.25, -0.2) is 4.39 Å². The van der Waals surface area contributed by atoms with Gasteiger partial charge in [0.25, 0.3) is 0 Å². The Morgan fingerprint density at radius 1 is 1.25 bits per heavy atom. The van der Waals surface area contributed by atoms with Crippen molar-refractivity contribution >= 4 is 11.6 Å². The first-order chi connectivity index (χ1) is 9.61. The van der Waals surface area contributed by atoms with Crippen LogP contribution in [0.4, 0.5) is 4.39 Å². The van der Waals surface area contributed by atoms with Gasteiger partial charge in [0.2, 0.25) is 0 Å². The van der Waals surface area contributed by atoms with E-state index < -0.39 is 0 Å². The molecule has 1 aromatic carbocycles. The first kappa shape index (κ1) is 15.8. The molecule has 0 amide bonds. The summed E-state index contributed by atoms with van der Waals surface area (Å²) in [5.74, 6) is -0.254. The molecular weight excluding hydrogens is 273 g/mol. The maximum atomic E-state index is 13.3. The van der Waals surface area contributed by atoms with Crippen LogP contribution in [0.15, 0.2) is 18.2 Å². The minimum Gasteiger partial charge on any atom is -0.313 e. The van der Waals surface area contributed by atoms with Crippen LogP contribution in [0.5, 0.6) is 0 Å². The second-order valence-corrected chi connectivity index (χ2v) is 6.47. The molecule has 0 unspecified atom stereocenters. The topological polar surface area (TPSA) is 12.0 Å². The van der Waals surface area contributed by atoms with Crippen molar-refractivity contribution in [2.24, 2.45) is 0 Å². The Bertz CT molecular complexity index is 437. The highest BCUT2D eigenvalue weighted by Crippen LogP contribution is 2.39. The highest BCUT2D eigenvalue weighted by molar-refractivity contribution is 6.31. The Balaban J connectivity index is 2.29. The normalized spacial score (nSPS) is 15.6. The molecular formula is C17H25ClFN. The first-order valence-corrected chi connectivity index (χ1v) is 8.18. The summed E-state index contributed by atoms with van der Waals surface area (Å²) in [5.41, 5.74) is 1.15. The van der Waals surface area contributed by atoms with E-state index in [0.29, 0.717) is 11.1 Å². The van der Waals surface area contributed by atoms with Crippen molar-refractivity contribution < 1.29 is 4.39 Å². The predicted octanol–water partition coefficient (Wildman–Crippen LogP) is 5.07. The van der Waals surface area contributed by atoms with E-state index in [9.17, 15) is 4.39 Å². The lowest BCUT2D eigenvalue weighted by atomic mass is 9.73. The zero-order valence-electron chi connectivity index (χ0n) is 12.5. The largest absolute Gasteiger partial charge is 0.313 e. The molecule has 1 nitrogen and oxygen atoms in total. The van der Waals surface area contributed by atoms with Crippen molar-refractivity contribution in [3.8, 4) is 0 Å². The van der Waals surface area contributed by atoms with Crippen LogP contribution in [0, 0.1) is 5.82 Å². The molecule has 2 rings (SSSR count). The van der Waals surface area contributed by atoms with Crippen LogP contribution >= 0.6 is 11.6 Å². The van der Waals surface area contributed by atoms with Crippen LogP contribution < -0.4 is 5.32 Å². The van der Waals surface area contributed by atoms with Crippen molar-refractivity contribution in [1.82, 2.24) is 5.32 Å². The number of benzene rings is 1. The molecule has 20 heavy (non-hydrogen) atoms. The highest BCUT2D eigenvalue weighted by atomic mass is 35.5. The third-order valence-electron chi connectivity index (χ3n) is 4.27. The molecule has 1 saturated carbocycles. The molecule has 0 saturated heterocycles. The summed E-state index contributed by atoms with van der Waals surface area (Å²) >= 11 is 6.35. The van der Waals surface area contributed by atoms with E-state index in [1.165, 1.54) is 18.9 Å². The van der Waals surface area contributed by atoms with E-state index in [4.69, 9.17) is 11.6 Å². The molecule has 3 heteroatoms. The van der Waals surface area contributed by atoms with Crippen LogP contribution in [0.2, 0.25) is 5.02 Å². The number of hydrogen-bond donors (Lipinski definition) is 1. The number of hydrogen-bond acceptors (Lipinski definition) is 1.